The molecule has 162 valence electrons. The lowest BCUT2D eigenvalue weighted by atomic mass is 10.0. The molecule has 1 aromatic rings. The number of hydrogen-bond donors (Lipinski definition) is 2. The molecule has 0 aliphatic rings. The van der Waals surface area contributed by atoms with Crippen molar-refractivity contribution in [3.63, 3.8) is 0 Å². The second-order valence-corrected chi connectivity index (χ2v) is 10.2. The number of rotatable bonds is 19. The average Bonchev–Trinajstić information content (AvgIpc) is 2.71. The van der Waals surface area contributed by atoms with Crippen LogP contribution in [-0.4, -0.2) is 12.3 Å². The minimum Gasteiger partial charge on any atom is -0.385 e. The fourth-order valence-electron chi connectivity index (χ4n) is 3.57. The van der Waals surface area contributed by atoms with Crippen molar-refractivity contribution in [1.82, 2.24) is 0 Å². The van der Waals surface area contributed by atoms with Crippen LogP contribution in [0.4, 0.5) is 5.69 Å². The Morgan fingerprint density at radius 3 is 1.64 bits per heavy atom. The van der Waals surface area contributed by atoms with Crippen molar-refractivity contribution in [2.45, 2.75) is 108 Å². The molecule has 0 heterocycles. The summed E-state index contributed by atoms with van der Waals surface area (Å²) in [4.78, 5) is 0. The third-order valence-corrected chi connectivity index (χ3v) is 7.05. The summed E-state index contributed by atoms with van der Waals surface area (Å²) in [5, 5.41) is 3.55. The van der Waals surface area contributed by atoms with Crippen LogP contribution in [-0.2, 0) is 0 Å². The maximum atomic E-state index is 4.64. The molecule has 0 aromatic heterocycles. The van der Waals surface area contributed by atoms with Gasteiger partial charge in [0.2, 0.25) is 0 Å². The van der Waals surface area contributed by atoms with Gasteiger partial charge in [-0.2, -0.15) is 12.6 Å². The number of benzene rings is 1. The largest absolute Gasteiger partial charge is 0.385 e. The predicted molar refractivity (Wildman–Crippen MR) is 135 cm³/mol. The molecule has 28 heavy (non-hydrogen) atoms. The maximum Gasteiger partial charge on any atom is 0.0721 e. The second-order valence-electron chi connectivity index (χ2n) is 7.95. The number of thiol groups is 1. The van der Waals surface area contributed by atoms with Crippen molar-refractivity contribution < 1.29 is 0 Å². The van der Waals surface area contributed by atoms with Crippen LogP contribution in [0.1, 0.15) is 114 Å². The molecular weight excluding hydrogens is 378 g/mol. The third-order valence-electron chi connectivity index (χ3n) is 5.38. The van der Waals surface area contributed by atoms with Gasteiger partial charge in [-0.1, -0.05) is 109 Å². The zero-order chi connectivity index (χ0) is 20.3. The number of nitrogens with one attached hydrogen (secondary N) is 1. The molecular formula is C25H45NS2. The molecule has 1 rings (SSSR count). The highest BCUT2D eigenvalue weighted by atomic mass is 32.2. The quantitative estimate of drug-likeness (QED) is 0.131. The van der Waals surface area contributed by atoms with E-state index in [1.165, 1.54) is 101 Å². The van der Waals surface area contributed by atoms with Gasteiger partial charge < -0.3 is 5.32 Å². The monoisotopic (exact) mass is 423 g/mol. The Hall–Kier alpha value is -0.280. The molecule has 0 saturated carbocycles. The van der Waals surface area contributed by atoms with Gasteiger partial charge in [-0.3, -0.25) is 0 Å². The van der Waals surface area contributed by atoms with Crippen LogP contribution in [0, 0.1) is 0 Å². The fourth-order valence-corrected chi connectivity index (χ4v) is 4.86. The molecule has 1 unspecified atom stereocenters. The van der Waals surface area contributed by atoms with Gasteiger partial charge >= 0.3 is 0 Å². The summed E-state index contributed by atoms with van der Waals surface area (Å²) in [6.07, 6.45) is 19.9. The Bertz CT molecular complexity index is 446. The Morgan fingerprint density at radius 1 is 0.714 bits per heavy atom. The lowest BCUT2D eigenvalue weighted by Crippen LogP contribution is -2.01. The van der Waals surface area contributed by atoms with E-state index in [1.54, 1.807) is 0 Å². The summed E-state index contributed by atoms with van der Waals surface area (Å²) in [6.45, 7) is 5.56. The number of anilines is 1. The zero-order valence-electron chi connectivity index (χ0n) is 18.6. The van der Waals surface area contributed by atoms with Crippen molar-refractivity contribution in [2.24, 2.45) is 0 Å². The lowest BCUT2D eigenvalue weighted by molar-refractivity contribution is 0.537. The van der Waals surface area contributed by atoms with E-state index in [0.29, 0.717) is 4.58 Å². The highest BCUT2D eigenvalue weighted by Gasteiger charge is 2.05. The Balaban J connectivity index is 1.87. The van der Waals surface area contributed by atoms with Crippen LogP contribution in [0.2, 0.25) is 0 Å². The summed E-state index contributed by atoms with van der Waals surface area (Å²) in [5.74, 6) is 1.10. The van der Waals surface area contributed by atoms with Crippen LogP contribution in [0.3, 0.4) is 0 Å². The van der Waals surface area contributed by atoms with E-state index in [4.69, 9.17) is 0 Å². The average molecular weight is 424 g/mol. The maximum absolute atomic E-state index is 4.64. The van der Waals surface area contributed by atoms with Crippen molar-refractivity contribution >= 4 is 30.1 Å². The van der Waals surface area contributed by atoms with Gasteiger partial charge in [0.15, 0.2) is 0 Å². The standard InChI is InChI=1S/C25H45NS2/c1-3-5-6-7-8-9-10-11-12-13-14-15-16-17-22-26-24-20-18-23(19-21-24)25(27)28-4-2/h18-21,25-27H,3-17,22H2,1-2H3. The number of thioether (sulfide) groups is 1. The van der Waals surface area contributed by atoms with Crippen LogP contribution < -0.4 is 5.32 Å². The Morgan fingerprint density at radius 2 is 1.18 bits per heavy atom. The molecule has 0 bridgehead atoms. The summed E-state index contributed by atoms with van der Waals surface area (Å²) in [6, 6.07) is 8.79. The van der Waals surface area contributed by atoms with Gasteiger partial charge in [-0.15, -0.1) is 11.8 Å². The number of hydrogen-bond acceptors (Lipinski definition) is 3. The van der Waals surface area contributed by atoms with Gasteiger partial charge in [-0.05, 0) is 29.9 Å². The predicted octanol–water partition coefficient (Wildman–Crippen LogP) is 9.26. The Kier molecular flexibility index (Phi) is 17.2. The smallest absolute Gasteiger partial charge is 0.0721 e. The van der Waals surface area contributed by atoms with Crippen molar-refractivity contribution in [1.29, 1.82) is 0 Å². The van der Waals surface area contributed by atoms with Crippen molar-refractivity contribution in [3.8, 4) is 0 Å². The lowest BCUT2D eigenvalue weighted by Gasteiger charge is -2.11. The molecule has 1 aromatic carbocycles. The first-order valence-corrected chi connectivity index (χ1v) is 13.5. The van der Waals surface area contributed by atoms with E-state index < -0.39 is 0 Å². The first kappa shape index (κ1) is 25.8. The second kappa shape index (κ2) is 18.7. The molecule has 0 radical (unpaired) electrons. The third kappa shape index (κ3) is 13.8. The first-order valence-electron chi connectivity index (χ1n) is 11.9. The van der Waals surface area contributed by atoms with Crippen LogP contribution >= 0.6 is 24.4 Å². The molecule has 1 nitrogen and oxygen atoms in total. The van der Waals surface area contributed by atoms with E-state index in [1.807, 2.05) is 11.8 Å². The molecule has 0 aliphatic carbocycles. The zero-order valence-corrected chi connectivity index (χ0v) is 20.3. The minimum atomic E-state index is 0.296. The molecule has 0 saturated heterocycles. The summed E-state index contributed by atoms with van der Waals surface area (Å²) in [5.41, 5.74) is 2.54. The van der Waals surface area contributed by atoms with E-state index in [-0.39, 0.29) is 0 Å². The van der Waals surface area contributed by atoms with Crippen LogP contribution in [0.5, 0.6) is 0 Å². The highest BCUT2D eigenvalue weighted by molar-refractivity contribution is 8.09. The molecule has 0 amide bonds. The topological polar surface area (TPSA) is 12.0 Å². The summed E-state index contributed by atoms with van der Waals surface area (Å²) < 4.78 is 0.296. The van der Waals surface area contributed by atoms with Crippen molar-refractivity contribution in [3.05, 3.63) is 29.8 Å². The van der Waals surface area contributed by atoms with Gasteiger partial charge in [0.05, 0.1) is 4.58 Å². The molecule has 1 atom stereocenters. The van der Waals surface area contributed by atoms with E-state index in [2.05, 4.69) is 56.1 Å². The SMILES string of the molecule is CCCCCCCCCCCCCCCCNc1ccc(C(S)SCC)cc1. The fraction of sp³-hybridized carbons (Fsp3) is 0.760. The highest BCUT2D eigenvalue weighted by Crippen LogP contribution is 2.32. The number of unbranched alkanes of at least 4 members (excludes halogenated alkanes) is 13. The normalized spacial score (nSPS) is 12.2. The van der Waals surface area contributed by atoms with Gasteiger partial charge in [0, 0.05) is 12.2 Å². The van der Waals surface area contributed by atoms with Gasteiger partial charge in [-0.25, -0.2) is 0 Å². The van der Waals surface area contributed by atoms with Gasteiger partial charge in [0.25, 0.3) is 0 Å². The summed E-state index contributed by atoms with van der Waals surface area (Å²) >= 11 is 6.52. The van der Waals surface area contributed by atoms with Gasteiger partial charge in [0.1, 0.15) is 0 Å². The Labute approximate surface area is 185 Å². The molecule has 0 fully saturated rings. The van der Waals surface area contributed by atoms with E-state index >= 15 is 0 Å². The summed E-state index contributed by atoms with van der Waals surface area (Å²) in [7, 11) is 0. The van der Waals surface area contributed by atoms with E-state index in [9.17, 15) is 0 Å². The van der Waals surface area contributed by atoms with Crippen LogP contribution in [0.15, 0.2) is 24.3 Å². The minimum absolute atomic E-state index is 0.296. The molecule has 0 spiro atoms. The molecule has 0 aliphatic heterocycles. The molecule has 1 N–H and O–H groups in total. The first-order chi connectivity index (χ1) is 13.8. The van der Waals surface area contributed by atoms with Crippen molar-refractivity contribution in [2.75, 3.05) is 17.6 Å². The van der Waals surface area contributed by atoms with E-state index in [0.717, 1.165) is 12.3 Å². The van der Waals surface area contributed by atoms with Crippen LogP contribution in [0.25, 0.3) is 0 Å². The molecule has 3 heteroatoms.